The molecule has 4 atom stereocenters. The van der Waals surface area contributed by atoms with Gasteiger partial charge < -0.3 is 21.3 Å². The summed E-state index contributed by atoms with van der Waals surface area (Å²) in [4.78, 5) is 29.4. The van der Waals surface area contributed by atoms with E-state index in [2.05, 4.69) is 10.6 Å². The summed E-state index contributed by atoms with van der Waals surface area (Å²) in [6.45, 7) is 3.07. The van der Waals surface area contributed by atoms with Crippen LogP contribution in [0.5, 0.6) is 0 Å². The van der Waals surface area contributed by atoms with E-state index in [-0.39, 0.29) is 23.3 Å². The molecule has 5 rings (SSSR count). The number of hydrogen-bond donors (Lipinski definition) is 3. The first kappa shape index (κ1) is 27.9. The van der Waals surface area contributed by atoms with Crippen molar-refractivity contribution in [1.82, 2.24) is 15.5 Å². The number of halogens is 1. The van der Waals surface area contributed by atoms with Gasteiger partial charge in [0.05, 0.1) is 6.04 Å². The van der Waals surface area contributed by atoms with E-state index in [0.29, 0.717) is 35.7 Å². The lowest BCUT2D eigenvalue weighted by atomic mass is 9.64. The average Bonchev–Trinajstić information content (AvgIpc) is 2.97. The first-order chi connectivity index (χ1) is 18.5. The van der Waals surface area contributed by atoms with Crippen LogP contribution in [0.15, 0.2) is 24.3 Å². The Morgan fingerprint density at radius 3 is 2.34 bits per heavy atom. The number of carbonyl (C=O) groups is 2. The Hall–Kier alpha value is -1.63. The Balaban J connectivity index is 1.25. The molecule has 38 heavy (non-hydrogen) atoms. The van der Waals surface area contributed by atoms with Crippen molar-refractivity contribution in [1.29, 1.82) is 0 Å². The van der Waals surface area contributed by atoms with Crippen LogP contribution in [0.25, 0.3) is 0 Å². The molecule has 0 unspecified atom stereocenters. The summed E-state index contributed by atoms with van der Waals surface area (Å²) in [5, 5.41) is 7.36. The van der Waals surface area contributed by atoms with E-state index >= 15 is 0 Å². The number of piperidine rings is 2. The Labute approximate surface area is 233 Å². The molecule has 210 valence electrons. The maximum Gasteiger partial charge on any atom is 0.245 e. The van der Waals surface area contributed by atoms with Crippen LogP contribution in [0.1, 0.15) is 82.6 Å². The van der Waals surface area contributed by atoms with E-state index in [1.54, 1.807) is 0 Å². The Morgan fingerprint density at radius 2 is 1.66 bits per heavy atom. The standard InChI is InChI=1S/C31H47ClN4O2/c32-26-12-10-22(11-13-26)18-28(35-29(37)27-19-23-6-4-5-7-24(23)20-34-27)30(38)36-16-14-31(21-33,15-17-36)25-8-2-1-3-9-25/h10-13,23-25,27-28,34H,1-9,14-21,33H2,(H,35,37)/t23-,24+,27+,28-/m1/s1. The summed E-state index contributed by atoms with van der Waals surface area (Å²) in [5.41, 5.74) is 7.55. The van der Waals surface area contributed by atoms with Crippen molar-refractivity contribution in [2.24, 2.45) is 28.9 Å². The molecule has 2 amide bonds. The molecule has 2 saturated heterocycles. The fourth-order valence-electron chi connectivity index (χ4n) is 7.96. The topological polar surface area (TPSA) is 87.5 Å². The third kappa shape index (κ3) is 6.39. The van der Waals surface area contributed by atoms with Crippen molar-refractivity contribution >= 4 is 23.4 Å². The molecule has 6 nitrogen and oxygen atoms in total. The average molecular weight is 543 g/mol. The molecular formula is C31H47ClN4O2. The highest BCUT2D eigenvalue weighted by Gasteiger charge is 2.43. The summed E-state index contributed by atoms with van der Waals surface area (Å²) in [6, 6.07) is 6.83. The predicted molar refractivity (Wildman–Crippen MR) is 153 cm³/mol. The smallest absolute Gasteiger partial charge is 0.245 e. The number of rotatable bonds is 7. The summed E-state index contributed by atoms with van der Waals surface area (Å²) in [5.74, 6) is 2.01. The maximum absolute atomic E-state index is 13.9. The third-order valence-corrected chi connectivity index (χ3v) is 10.7. The molecule has 0 radical (unpaired) electrons. The lowest BCUT2D eigenvalue weighted by molar-refractivity contribution is -0.139. The highest BCUT2D eigenvalue weighted by atomic mass is 35.5. The van der Waals surface area contributed by atoms with Gasteiger partial charge in [0.15, 0.2) is 0 Å². The van der Waals surface area contributed by atoms with Gasteiger partial charge >= 0.3 is 0 Å². The van der Waals surface area contributed by atoms with Gasteiger partial charge in [0, 0.05) is 24.5 Å². The summed E-state index contributed by atoms with van der Waals surface area (Å²) in [7, 11) is 0. The third-order valence-electron chi connectivity index (χ3n) is 10.5. The molecule has 0 aromatic heterocycles. The molecule has 2 saturated carbocycles. The normalized spacial score (nSPS) is 28.8. The van der Waals surface area contributed by atoms with E-state index in [0.717, 1.165) is 44.5 Å². The molecule has 2 aliphatic carbocycles. The van der Waals surface area contributed by atoms with Crippen LogP contribution in [0.4, 0.5) is 0 Å². The SMILES string of the molecule is NCC1(C2CCCCC2)CCN(C(=O)[C@@H](Cc2ccc(Cl)cc2)NC(=O)[C@@H]2C[C@H]3CCCC[C@H]3CN2)CC1. The van der Waals surface area contributed by atoms with Gasteiger partial charge in [-0.3, -0.25) is 9.59 Å². The minimum atomic E-state index is -0.574. The molecule has 2 heterocycles. The summed E-state index contributed by atoms with van der Waals surface area (Å²) in [6.07, 6.45) is 14.9. The van der Waals surface area contributed by atoms with E-state index in [1.165, 1.54) is 57.8 Å². The molecule has 1 aromatic carbocycles. The number of fused-ring (bicyclic) bond motifs is 1. The minimum Gasteiger partial charge on any atom is -0.343 e. The predicted octanol–water partition coefficient (Wildman–Crippen LogP) is 4.68. The second kappa shape index (κ2) is 12.7. The molecule has 4 fully saturated rings. The number of benzene rings is 1. The molecular weight excluding hydrogens is 496 g/mol. The monoisotopic (exact) mass is 542 g/mol. The number of nitrogens with one attached hydrogen (secondary N) is 2. The van der Waals surface area contributed by atoms with Crippen molar-refractivity contribution in [3.8, 4) is 0 Å². The van der Waals surface area contributed by atoms with E-state index in [4.69, 9.17) is 17.3 Å². The van der Waals surface area contributed by atoms with Crippen molar-refractivity contribution < 1.29 is 9.59 Å². The van der Waals surface area contributed by atoms with Gasteiger partial charge in [-0.15, -0.1) is 0 Å². The van der Waals surface area contributed by atoms with Crippen LogP contribution >= 0.6 is 11.6 Å². The molecule has 4 aliphatic rings. The fraction of sp³-hybridized carbons (Fsp3) is 0.742. The van der Waals surface area contributed by atoms with Crippen LogP contribution in [0.3, 0.4) is 0 Å². The first-order valence-corrected chi connectivity index (χ1v) is 15.6. The van der Waals surface area contributed by atoms with E-state index in [9.17, 15) is 9.59 Å². The number of likely N-dealkylation sites (tertiary alicyclic amines) is 1. The summed E-state index contributed by atoms with van der Waals surface area (Å²) >= 11 is 6.12. The second-order valence-corrected chi connectivity index (χ2v) is 13.1. The highest BCUT2D eigenvalue weighted by Crippen LogP contribution is 2.45. The number of amides is 2. The van der Waals surface area contributed by atoms with Gasteiger partial charge in [-0.25, -0.2) is 0 Å². The van der Waals surface area contributed by atoms with Crippen molar-refractivity contribution in [3.63, 3.8) is 0 Å². The van der Waals surface area contributed by atoms with Gasteiger partial charge in [-0.1, -0.05) is 62.3 Å². The van der Waals surface area contributed by atoms with E-state index in [1.807, 2.05) is 29.2 Å². The van der Waals surface area contributed by atoms with Crippen molar-refractivity contribution in [2.45, 2.75) is 95.6 Å². The number of nitrogens with two attached hydrogens (primary N) is 1. The second-order valence-electron chi connectivity index (χ2n) is 12.6. The number of hydrogen-bond acceptors (Lipinski definition) is 4. The van der Waals surface area contributed by atoms with Crippen LogP contribution in [-0.4, -0.2) is 55.0 Å². The van der Waals surface area contributed by atoms with Crippen molar-refractivity contribution in [3.05, 3.63) is 34.9 Å². The van der Waals surface area contributed by atoms with Gasteiger partial charge in [-0.2, -0.15) is 0 Å². The van der Waals surface area contributed by atoms with Gasteiger partial charge in [-0.05, 0) is 92.5 Å². The molecule has 0 bridgehead atoms. The number of nitrogens with zero attached hydrogens (tertiary/aromatic N) is 1. The largest absolute Gasteiger partial charge is 0.343 e. The molecule has 4 N–H and O–H groups in total. The Bertz CT molecular complexity index is 940. The zero-order chi connectivity index (χ0) is 26.5. The molecule has 1 aromatic rings. The quantitative estimate of drug-likeness (QED) is 0.466. The lowest BCUT2D eigenvalue weighted by Gasteiger charge is -2.48. The van der Waals surface area contributed by atoms with E-state index < -0.39 is 6.04 Å². The maximum atomic E-state index is 13.9. The van der Waals surface area contributed by atoms with Gasteiger partial charge in [0.1, 0.15) is 6.04 Å². The van der Waals surface area contributed by atoms with Crippen molar-refractivity contribution in [2.75, 3.05) is 26.2 Å². The molecule has 2 aliphatic heterocycles. The highest BCUT2D eigenvalue weighted by molar-refractivity contribution is 6.30. The molecule has 0 spiro atoms. The first-order valence-electron chi connectivity index (χ1n) is 15.2. The van der Waals surface area contributed by atoms with Gasteiger partial charge in [0.25, 0.3) is 0 Å². The molecule has 7 heteroatoms. The minimum absolute atomic E-state index is 0.0307. The zero-order valence-electron chi connectivity index (χ0n) is 22.9. The van der Waals surface area contributed by atoms with Crippen LogP contribution < -0.4 is 16.4 Å². The van der Waals surface area contributed by atoms with Crippen LogP contribution in [0, 0.1) is 23.2 Å². The van der Waals surface area contributed by atoms with Crippen LogP contribution in [0.2, 0.25) is 5.02 Å². The Morgan fingerprint density at radius 1 is 1.00 bits per heavy atom. The van der Waals surface area contributed by atoms with Gasteiger partial charge in [0.2, 0.25) is 11.8 Å². The Kier molecular flexibility index (Phi) is 9.33. The fourth-order valence-corrected chi connectivity index (χ4v) is 8.08. The van der Waals surface area contributed by atoms with Crippen LogP contribution in [-0.2, 0) is 16.0 Å². The summed E-state index contributed by atoms with van der Waals surface area (Å²) < 4.78 is 0. The number of carbonyl (C=O) groups excluding carboxylic acids is 2. The lowest BCUT2D eigenvalue weighted by Crippen LogP contribution is -2.59. The zero-order valence-corrected chi connectivity index (χ0v) is 23.7.